The van der Waals surface area contributed by atoms with E-state index in [4.69, 9.17) is 14.2 Å². The molecule has 1 amide bonds. The zero-order chi connectivity index (χ0) is 21.7. The molecule has 0 saturated carbocycles. The molecule has 8 nitrogen and oxygen atoms in total. The highest BCUT2D eigenvalue weighted by Crippen LogP contribution is 2.26. The van der Waals surface area contributed by atoms with Crippen LogP contribution in [0, 0.1) is 6.92 Å². The summed E-state index contributed by atoms with van der Waals surface area (Å²) in [6, 6.07) is 14.7. The first-order valence-electron chi connectivity index (χ1n) is 9.28. The second-order valence-corrected chi connectivity index (χ2v) is 6.57. The van der Waals surface area contributed by atoms with Gasteiger partial charge in [0.05, 0.1) is 31.8 Å². The van der Waals surface area contributed by atoms with Gasteiger partial charge in [-0.05, 0) is 43.7 Å². The van der Waals surface area contributed by atoms with Crippen molar-refractivity contribution < 1.29 is 23.8 Å². The molecule has 156 valence electrons. The normalized spacial score (nSPS) is 11.5. The number of anilines is 1. The molecule has 0 radical (unpaired) electrons. The highest BCUT2D eigenvalue weighted by molar-refractivity contribution is 5.98. The largest absolute Gasteiger partial charge is 0.495 e. The van der Waals surface area contributed by atoms with E-state index in [0.717, 1.165) is 11.3 Å². The molecule has 3 aromatic rings. The summed E-state index contributed by atoms with van der Waals surface area (Å²) < 4.78 is 17.3. The average molecular weight is 409 g/mol. The average Bonchev–Trinajstić information content (AvgIpc) is 3.19. The Bertz CT molecular complexity index is 1050. The van der Waals surface area contributed by atoms with E-state index in [1.807, 2.05) is 43.3 Å². The van der Waals surface area contributed by atoms with Gasteiger partial charge in [-0.1, -0.05) is 24.3 Å². The third kappa shape index (κ3) is 4.60. The molecular formula is C22H23N3O5. The first kappa shape index (κ1) is 20.9. The van der Waals surface area contributed by atoms with Gasteiger partial charge in [-0.3, -0.25) is 4.79 Å². The van der Waals surface area contributed by atoms with Gasteiger partial charge in [-0.15, -0.1) is 0 Å². The van der Waals surface area contributed by atoms with Crippen molar-refractivity contribution >= 4 is 17.6 Å². The summed E-state index contributed by atoms with van der Waals surface area (Å²) in [5.74, 6) is -0.498. The number of rotatable bonds is 7. The van der Waals surface area contributed by atoms with Gasteiger partial charge in [0.25, 0.3) is 5.91 Å². The number of esters is 1. The summed E-state index contributed by atoms with van der Waals surface area (Å²) in [6.07, 6.45) is 0.517. The molecule has 0 bridgehead atoms. The van der Waals surface area contributed by atoms with Crippen molar-refractivity contribution in [2.24, 2.45) is 0 Å². The second-order valence-electron chi connectivity index (χ2n) is 6.57. The Morgan fingerprint density at radius 2 is 1.73 bits per heavy atom. The fourth-order valence-electron chi connectivity index (χ4n) is 2.79. The lowest BCUT2D eigenvalue weighted by Gasteiger charge is -2.15. The number of nitrogens with one attached hydrogen (secondary N) is 1. The van der Waals surface area contributed by atoms with Crippen molar-refractivity contribution in [1.29, 1.82) is 0 Å². The highest BCUT2D eigenvalue weighted by Gasteiger charge is 2.25. The van der Waals surface area contributed by atoms with Gasteiger partial charge in [-0.25, -0.2) is 9.48 Å². The molecule has 0 saturated heterocycles. The molecule has 1 aromatic heterocycles. The maximum Gasteiger partial charge on any atom is 0.363 e. The summed E-state index contributed by atoms with van der Waals surface area (Å²) >= 11 is 0. The number of carbonyl (C=O) groups excluding carboxylic acids is 2. The van der Waals surface area contributed by atoms with Crippen molar-refractivity contribution in [3.8, 4) is 17.2 Å². The van der Waals surface area contributed by atoms with Crippen molar-refractivity contribution in [3.63, 3.8) is 0 Å². The van der Waals surface area contributed by atoms with Gasteiger partial charge in [0.15, 0.2) is 11.9 Å². The molecule has 8 heteroatoms. The number of hydrogen-bond acceptors (Lipinski definition) is 6. The van der Waals surface area contributed by atoms with E-state index in [2.05, 4.69) is 10.4 Å². The summed E-state index contributed by atoms with van der Waals surface area (Å²) in [5.41, 5.74) is 2.18. The Labute approximate surface area is 174 Å². The SMILES string of the molecule is COc1ccc(C)cc1NC(=O)[C@H](C)OC(=O)c1nn(-c2ccccc2)cc1OC. The minimum absolute atomic E-state index is 0.0193. The number of hydrogen-bond donors (Lipinski definition) is 1. The summed E-state index contributed by atoms with van der Waals surface area (Å²) in [6.45, 7) is 3.38. The van der Waals surface area contributed by atoms with Crippen LogP contribution in [0.1, 0.15) is 23.0 Å². The molecular weight excluding hydrogens is 386 g/mol. The number of amides is 1. The fraction of sp³-hybridized carbons (Fsp3) is 0.227. The third-order valence-electron chi connectivity index (χ3n) is 4.38. The van der Waals surface area contributed by atoms with Crippen LogP contribution in [0.2, 0.25) is 0 Å². The molecule has 1 N–H and O–H groups in total. The molecule has 30 heavy (non-hydrogen) atoms. The Morgan fingerprint density at radius 1 is 1.03 bits per heavy atom. The van der Waals surface area contributed by atoms with Crippen LogP contribution in [-0.4, -0.2) is 42.0 Å². The zero-order valence-electron chi connectivity index (χ0n) is 17.2. The maximum atomic E-state index is 12.6. The van der Waals surface area contributed by atoms with Gasteiger partial charge < -0.3 is 19.5 Å². The van der Waals surface area contributed by atoms with E-state index in [1.165, 1.54) is 25.8 Å². The molecule has 0 aliphatic rings. The number of aryl methyl sites for hydroxylation is 1. The molecule has 2 aromatic carbocycles. The van der Waals surface area contributed by atoms with E-state index >= 15 is 0 Å². The lowest BCUT2D eigenvalue weighted by molar-refractivity contribution is -0.123. The first-order chi connectivity index (χ1) is 14.4. The lowest BCUT2D eigenvalue weighted by atomic mass is 10.2. The predicted octanol–water partition coefficient (Wildman–Crippen LogP) is 3.38. The fourth-order valence-corrected chi connectivity index (χ4v) is 2.79. The van der Waals surface area contributed by atoms with Crippen LogP contribution in [0.25, 0.3) is 5.69 Å². The lowest BCUT2D eigenvalue weighted by Crippen LogP contribution is -2.30. The van der Waals surface area contributed by atoms with E-state index < -0.39 is 18.0 Å². The molecule has 0 aliphatic heterocycles. The minimum atomic E-state index is -1.06. The van der Waals surface area contributed by atoms with Crippen LogP contribution in [-0.2, 0) is 9.53 Å². The second kappa shape index (κ2) is 9.13. The Morgan fingerprint density at radius 3 is 2.40 bits per heavy atom. The van der Waals surface area contributed by atoms with Gasteiger partial charge in [0, 0.05) is 0 Å². The van der Waals surface area contributed by atoms with E-state index in [-0.39, 0.29) is 11.4 Å². The highest BCUT2D eigenvalue weighted by atomic mass is 16.6. The number of benzene rings is 2. The zero-order valence-corrected chi connectivity index (χ0v) is 17.2. The van der Waals surface area contributed by atoms with Crippen molar-refractivity contribution in [3.05, 3.63) is 66.0 Å². The first-order valence-corrected chi connectivity index (χ1v) is 9.28. The molecule has 1 atom stereocenters. The number of aromatic nitrogens is 2. The smallest absolute Gasteiger partial charge is 0.363 e. The van der Waals surface area contributed by atoms with Crippen LogP contribution in [0.5, 0.6) is 11.5 Å². The molecule has 0 aliphatic carbocycles. The Kier molecular flexibility index (Phi) is 6.36. The van der Waals surface area contributed by atoms with Crippen LogP contribution in [0.15, 0.2) is 54.7 Å². The summed E-state index contributed by atoms with van der Waals surface area (Å²) in [4.78, 5) is 25.2. The topological polar surface area (TPSA) is 91.7 Å². The molecule has 3 rings (SSSR count). The predicted molar refractivity (Wildman–Crippen MR) is 111 cm³/mol. The van der Waals surface area contributed by atoms with Gasteiger partial charge in [-0.2, -0.15) is 5.10 Å². The number of nitrogens with zero attached hydrogens (tertiary/aromatic N) is 2. The van der Waals surface area contributed by atoms with Gasteiger partial charge in [0.1, 0.15) is 5.75 Å². The van der Waals surface area contributed by atoms with E-state index in [9.17, 15) is 9.59 Å². The monoisotopic (exact) mass is 409 g/mol. The number of para-hydroxylation sites is 1. The van der Waals surface area contributed by atoms with E-state index in [0.29, 0.717) is 11.4 Å². The molecule has 1 heterocycles. The van der Waals surface area contributed by atoms with Crippen molar-refractivity contribution in [2.45, 2.75) is 20.0 Å². The van der Waals surface area contributed by atoms with Crippen molar-refractivity contribution in [2.75, 3.05) is 19.5 Å². The number of ether oxygens (including phenoxy) is 3. The standard InChI is InChI=1S/C22H23N3O5/c1-14-10-11-18(28-3)17(12-14)23-21(26)15(2)30-22(27)20-19(29-4)13-25(24-20)16-8-6-5-7-9-16/h5-13,15H,1-4H3,(H,23,26)/t15-/m0/s1. The third-order valence-corrected chi connectivity index (χ3v) is 4.38. The van der Waals surface area contributed by atoms with Crippen LogP contribution in [0.3, 0.4) is 0 Å². The molecule has 0 spiro atoms. The quantitative estimate of drug-likeness (QED) is 0.602. The van der Waals surface area contributed by atoms with Crippen LogP contribution in [0.4, 0.5) is 5.69 Å². The van der Waals surface area contributed by atoms with Crippen molar-refractivity contribution in [1.82, 2.24) is 9.78 Å². The minimum Gasteiger partial charge on any atom is -0.495 e. The molecule has 0 unspecified atom stereocenters. The number of carbonyl (C=O) groups is 2. The van der Waals surface area contributed by atoms with Gasteiger partial charge >= 0.3 is 5.97 Å². The van der Waals surface area contributed by atoms with Gasteiger partial charge in [0.2, 0.25) is 5.69 Å². The number of methoxy groups -OCH3 is 2. The van der Waals surface area contributed by atoms with Crippen LogP contribution >= 0.6 is 0 Å². The summed E-state index contributed by atoms with van der Waals surface area (Å²) in [5, 5.41) is 6.97. The summed E-state index contributed by atoms with van der Waals surface area (Å²) in [7, 11) is 2.95. The van der Waals surface area contributed by atoms with E-state index in [1.54, 1.807) is 18.3 Å². The Hall–Kier alpha value is -3.81. The maximum absolute atomic E-state index is 12.6. The van der Waals surface area contributed by atoms with Crippen LogP contribution < -0.4 is 14.8 Å². The Balaban J connectivity index is 1.73. The molecule has 0 fully saturated rings.